The zero-order chi connectivity index (χ0) is 22.0. The molecule has 31 heavy (non-hydrogen) atoms. The molecule has 1 amide bonds. The number of hydrogen-bond donors (Lipinski definition) is 1. The first-order valence-electron chi connectivity index (χ1n) is 11.8. The van der Waals surface area contributed by atoms with Crippen LogP contribution in [0.25, 0.3) is 0 Å². The maximum Gasteiger partial charge on any atom is 0.225 e. The van der Waals surface area contributed by atoms with Gasteiger partial charge in [0.05, 0.1) is 6.10 Å². The molecule has 2 aliphatic heterocycles. The minimum Gasteiger partial charge on any atom is -0.349 e. The number of hydrogen-bond acceptors (Lipinski definition) is 5. The van der Waals surface area contributed by atoms with Crippen molar-refractivity contribution in [3.05, 3.63) is 24.3 Å². The Balaban J connectivity index is 1.33. The summed E-state index contributed by atoms with van der Waals surface area (Å²) in [5.74, 6) is 4.04. The van der Waals surface area contributed by atoms with Crippen LogP contribution in [0.3, 0.4) is 0 Å². The SMILES string of the molecule is CSc1cccc(NC(=O)CCSC2OC3OC(C)CCC4C(C)CCC(C2C)C34)c1. The number of benzene rings is 1. The fourth-order valence-electron chi connectivity index (χ4n) is 5.83. The molecule has 1 saturated carbocycles. The zero-order valence-corrected chi connectivity index (χ0v) is 20.8. The molecule has 3 aliphatic rings. The van der Waals surface area contributed by atoms with E-state index in [9.17, 15) is 4.79 Å². The van der Waals surface area contributed by atoms with Crippen LogP contribution in [0.4, 0.5) is 5.69 Å². The summed E-state index contributed by atoms with van der Waals surface area (Å²) in [4.78, 5) is 13.6. The van der Waals surface area contributed by atoms with Crippen LogP contribution in [0.5, 0.6) is 0 Å². The lowest BCUT2D eigenvalue weighted by Crippen LogP contribution is -2.52. The highest BCUT2D eigenvalue weighted by Gasteiger charge is 2.52. The number of anilines is 1. The Morgan fingerprint density at radius 1 is 1.10 bits per heavy atom. The summed E-state index contributed by atoms with van der Waals surface area (Å²) in [6.45, 7) is 6.97. The standard InChI is InChI=1S/C25H37NO3S2/c1-15-8-10-21-17(3)25(29-24-23(21)20(15)11-9-16(2)28-24)31-13-12-22(27)26-18-6-5-7-19(14-18)30-4/h5-7,14-17,20-21,23-25H,8-13H2,1-4H3,(H,26,27). The molecular formula is C25H37NO3S2. The molecule has 0 bridgehead atoms. The third-order valence-electron chi connectivity index (χ3n) is 7.60. The van der Waals surface area contributed by atoms with Crippen molar-refractivity contribution in [3.63, 3.8) is 0 Å². The van der Waals surface area contributed by atoms with Gasteiger partial charge in [-0.25, -0.2) is 0 Å². The van der Waals surface area contributed by atoms with E-state index in [1.807, 2.05) is 24.5 Å². The minimum absolute atomic E-state index is 0.0676. The highest BCUT2D eigenvalue weighted by atomic mass is 32.2. The number of amides is 1. The predicted molar refractivity (Wildman–Crippen MR) is 130 cm³/mol. The number of thioether (sulfide) groups is 2. The molecule has 3 fully saturated rings. The summed E-state index contributed by atoms with van der Waals surface area (Å²) in [5.41, 5.74) is 0.980. The molecular weight excluding hydrogens is 426 g/mol. The highest BCUT2D eigenvalue weighted by molar-refractivity contribution is 7.99. The van der Waals surface area contributed by atoms with Crippen molar-refractivity contribution in [2.24, 2.45) is 29.6 Å². The molecule has 0 aromatic heterocycles. The molecule has 1 N–H and O–H groups in total. The van der Waals surface area contributed by atoms with Gasteiger partial charge in [0.1, 0.15) is 5.44 Å². The van der Waals surface area contributed by atoms with Crippen LogP contribution in [-0.2, 0) is 14.3 Å². The number of carbonyl (C=O) groups excluding carboxylic acids is 1. The van der Waals surface area contributed by atoms with E-state index in [-0.39, 0.29) is 23.7 Å². The molecule has 8 unspecified atom stereocenters. The van der Waals surface area contributed by atoms with Gasteiger partial charge >= 0.3 is 0 Å². The number of nitrogens with one attached hydrogen (secondary N) is 1. The summed E-state index contributed by atoms with van der Waals surface area (Å²) in [7, 11) is 0. The number of ether oxygens (including phenoxy) is 2. The quantitative estimate of drug-likeness (QED) is 0.504. The van der Waals surface area contributed by atoms with Crippen molar-refractivity contribution in [3.8, 4) is 0 Å². The van der Waals surface area contributed by atoms with Crippen LogP contribution in [0.15, 0.2) is 29.2 Å². The molecule has 1 aliphatic carbocycles. The molecule has 4 rings (SSSR count). The van der Waals surface area contributed by atoms with Gasteiger partial charge in [-0.05, 0) is 74.3 Å². The van der Waals surface area contributed by atoms with Crippen molar-refractivity contribution < 1.29 is 14.3 Å². The first kappa shape index (κ1) is 23.5. The highest BCUT2D eigenvalue weighted by Crippen LogP contribution is 2.53. The van der Waals surface area contributed by atoms with Gasteiger partial charge in [0.25, 0.3) is 0 Å². The Labute approximate surface area is 196 Å². The second-order valence-corrected chi connectivity index (χ2v) is 11.7. The van der Waals surface area contributed by atoms with E-state index in [2.05, 4.69) is 32.2 Å². The second-order valence-electron chi connectivity index (χ2n) is 9.62. The Morgan fingerprint density at radius 3 is 2.71 bits per heavy atom. The van der Waals surface area contributed by atoms with Gasteiger partial charge in [-0.1, -0.05) is 26.3 Å². The van der Waals surface area contributed by atoms with Gasteiger partial charge < -0.3 is 14.8 Å². The van der Waals surface area contributed by atoms with Crippen LogP contribution in [0.1, 0.15) is 52.9 Å². The Hall–Kier alpha value is -0.690. The third-order valence-corrected chi connectivity index (χ3v) is 9.63. The zero-order valence-electron chi connectivity index (χ0n) is 19.2. The Morgan fingerprint density at radius 2 is 1.90 bits per heavy atom. The Bertz CT molecular complexity index is 760. The van der Waals surface area contributed by atoms with Gasteiger partial charge in [-0.2, -0.15) is 0 Å². The average Bonchev–Trinajstić information content (AvgIpc) is 2.92. The maximum atomic E-state index is 12.5. The first-order chi connectivity index (χ1) is 15.0. The van der Waals surface area contributed by atoms with E-state index in [0.717, 1.165) is 34.6 Å². The minimum atomic E-state index is -0.0768. The van der Waals surface area contributed by atoms with Crippen molar-refractivity contribution in [1.82, 2.24) is 0 Å². The van der Waals surface area contributed by atoms with E-state index >= 15 is 0 Å². The van der Waals surface area contributed by atoms with Gasteiger partial charge in [0.2, 0.25) is 5.91 Å². The van der Waals surface area contributed by atoms with Crippen molar-refractivity contribution in [2.45, 2.75) is 75.6 Å². The third kappa shape index (κ3) is 5.45. The van der Waals surface area contributed by atoms with Crippen LogP contribution >= 0.6 is 23.5 Å². The molecule has 2 saturated heterocycles. The lowest BCUT2D eigenvalue weighted by molar-refractivity contribution is -0.258. The maximum absolute atomic E-state index is 12.5. The summed E-state index contributed by atoms with van der Waals surface area (Å²) in [6.07, 6.45) is 7.75. The van der Waals surface area contributed by atoms with Crippen molar-refractivity contribution in [2.75, 3.05) is 17.3 Å². The van der Waals surface area contributed by atoms with Crippen LogP contribution < -0.4 is 5.32 Å². The fourth-order valence-corrected chi connectivity index (χ4v) is 7.52. The molecule has 172 valence electrons. The molecule has 4 nitrogen and oxygen atoms in total. The van der Waals surface area contributed by atoms with Gasteiger partial charge in [0.15, 0.2) is 6.29 Å². The number of carbonyl (C=O) groups is 1. The smallest absolute Gasteiger partial charge is 0.225 e. The summed E-state index contributed by atoms with van der Waals surface area (Å²) in [5, 5.41) is 3.03. The molecule has 6 heteroatoms. The van der Waals surface area contributed by atoms with E-state index < -0.39 is 0 Å². The lowest BCUT2D eigenvalue weighted by Gasteiger charge is -2.52. The molecule has 8 atom stereocenters. The fraction of sp³-hybridized carbons (Fsp3) is 0.720. The van der Waals surface area contributed by atoms with E-state index in [1.54, 1.807) is 23.5 Å². The first-order valence-corrected chi connectivity index (χ1v) is 14.1. The second kappa shape index (κ2) is 10.5. The predicted octanol–water partition coefficient (Wildman–Crippen LogP) is 6.27. The van der Waals surface area contributed by atoms with Crippen LogP contribution in [-0.4, -0.2) is 35.7 Å². The number of rotatable bonds is 6. The molecule has 1 aromatic rings. The van der Waals surface area contributed by atoms with Crippen LogP contribution in [0.2, 0.25) is 0 Å². The normalized spacial score (nSPS) is 37.5. The molecule has 2 heterocycles. The molecule has 0 spiro atoms. The van der Waals surface area contributed by atoms with Crippen LogP contribution in [0, 0.1) is 29.6 Å². The topological polar surface area (TPSA) is 47.6 Å². The Kier molecular flexibility index (Phi) is 7.95. The molecule has 1 aromatic carbocycles. The van der Waals surface area contributed by atoms with E-state index in [4.69, 9.17) is 9.47 Å². The summed E-state index contributed by atoms with van der Waals surface area (Å²) >= 11 is 3.47. The molecule has 0 radical (unpaired) electrons. The van der Waals surface area contributed by atoms with Gasteiger partial charge in [-0.3, -0.25) is 4.79 Å². The van der Waals surface area contributed by atoms with E-state index in [1.165, 1.54) is 19.3 Å². The lowest BCUT2D eigenvalue weighted by atomic mass is 9.61. The van der Waals surface area contributed by atoms with Crippen molar-refractivity contribution in [1.29, 1.82) is 0 Å². The van der Waals surface area contributed by atoms with Crippen molar-refractivity contribution >= 4 is 35.1 Å². The largest absolute Gasteiger partial charge is 0.349 e. The average molecular weight is 464 g/mol. The summed E-state index contributed by atoms with van der Waals surface area (Å²) in [6, 6.07) is 8.00. The van der Waals surface area contributed by atoms with Gasteiger partial charge in [-0.15, -0.1) is 23.5 Å². The van der Waals surface area contributed by atoms with E-state index in [0.29, 0.717) is 24.2 Å². The summed E-state index contributed by atoms with van der Waals surface area (Å²) < 4.78 is 13.0. The monoisotopic (exact) mass is 463 g/mol. The van der Waals surface area contributed by atoms with Gasteiger partial charge in [0, 0.05) is 28.7 Å².